The van der Waals surface area contributed by atoms with E-state index in [2.05, 4.69) is 0 Å². The first kappa shape index (κ1) is 14.4. The zero-order valence-corrected chi connectivity index (χ0v) is 11.2. The van der Waals surface area contributed by atoms with Crippen LogP contribution in [0, 0.1) is 0 Å². The third-order valence-electron chi connectivity index (χ3n) is 3.26. The third kappa shape index (κ3) is 3.52. The summed E-state index contributed by atoms with van der Waals surface area (Å²) in [5.41, 5.74) is 1.03. The first-order valence-corrected chi connectivity index (χ1v) is 6.27. The first-order valence-electron chi connectivity index (χ1n) is 6.27. The zero-order chi connectivity index (χ0) is 13.7. The van der Waals surface area contributed by atoms with Crippen LogP contribution in [0.3, 0.4) is 0 Å². The second-order valence-electron chi connectivity index (χ2n) is 4.46. The molecule has 5 heteroatoms. The van der Waals surface area contributed by atoms with Crippen molar-refractivity contribution in [2.45, 2.75) is 31.2 Å². The second-order valence-corrected chi connectivity index (χ2v) is 4.46. The summed E-state index contributed by atoms with van der Waals surface area (Å²) < 4.78 is 21.6. The van der Waals surface area contributed by atoms with Crippen LogP contribution in [0.2, 0.25) is 0 Å². The monoisotopic (exact) mass is 268 g/mol. The smallest absolute Gasteiger partial charge is 0.183 e. The van der Waals surface area contributed by atoms with Gasteiger partial charge in [0.15, 0.2) is 6.29 Å². The number of benzene rings is 1. The van der Waals surface area contributed by atoms with Gasteiger partial charge >= 0.3 is 0 Å². The third-order valence-corrected chi connectivity index (χ3v) is 3.26. The molecule has 5 nitrogen and oxygen atoms in total. The van der Waals surface area contributed by atoms with Gasteiger partial charge in [0.2, 0.25) is 0 Å². The number of ether oxygens (including phenoxy) is 4. The van der Waals surface area contributed by atoms with Crippen molar-refractivity contribution in [1.29, 1.82) is 0 Å². The molecule has 1 saturated heterocycles. The summed E-state index contributed by atoms with van der Waals surface area (Å²) in [5.74, 6) is 0. The molecule has 0 aliphatic carbocycles. The largest absolute Gasteiger partial charge is 0.376 e. The fourth-order valence-corrected chi connectivity index (χ4v) is 2.19. The van der Waals surface area contributed by atoms with Gasteiger partial charge in [0.1, 0.15) is 18.3 Å². The highest BCUT2D eigenvalue weighted by atomic mass is 16.7. The van der Waals surface area contributed by atoms with Gasteiger partial charge in [0.05, 0.1) is 13.2 Å². The van der Waals surface area contributed by atoms with Crippen molar-refractivity contribution >= 4 is 0 Å². The number of methoxy groups -OCH3 is 2. The van der Waals surface area contributed by atoms with E-state index in [-0.39, 0.29) is 12.2 Å². The SMILES string of the molecule is CO[C@H]1[C@H](OC)COC(O)[C@@H]1OCc1ccccc1. The Bertz CT molecular complexity index is 369. The molecule has 106 valence electrons. The molecular weight excluding hydrogens is 248 g/mol. The molecular formula is C14H20O5. The maximum atomic E-state index is 9.88. The van der Waals surface area contributed by atoms with Crippen molar-refractivity contribution in [3.8, 4) is 0 Å². The number of rotatable bonds is 5. The predicted octanol–water partition coefficient (Wildman–Crippen LogP) is 0.950. The van der Waals surface area contributed by atoms with E-state index in [1.54, 1.807) is 14.2 Å². The summed E-state index contributed by atoms with van der Waals surface area (Å²) in [7, 11) is 3.17. The van der Waals surface area contributed by atoms with Crippen LogP contribution in [0.15, 0.2) is 30.3 Å². The summed E-state index contributed by atoms with van der Waals surface area (Å²) >= 11 is 0. The Morgan fingerprint density at radius 2 is 1.89 bits per heavy atom. The number of hydrogen-bond acceptors (Lipinski definition) is 5. The minimum Gasteiger partial charge on any atom is -0.376 e. The standard InChI is InChI=1S/C14H20O5/c1-16-11-9-19-14(15)13(12(11)17-2)18-8-10-6-4-3-5-7-10/h3-7,11-15H,8-9H2,1-2H3/t11-,12+,13-,14?/m1/s1. The molecule has 1 aliphatic rings. The molecule has 1 heterocycles. The Kier molecular flexibility index (Phi) is 5.30. The van der Waals surface area contributed by atoms with Gasteiger partial charge < -0.3 is 24.1 Å². The number of aliphatic hydroxyl groups is 1. The van der Waals surface area contributed by atoms with E-state index >= 15 is 0 Å². The van der Waals surface area contributed by atoms with E-state index in [0.29, 0.717) is 13.2 Å². The lowest BCUT2D eigenvalue weighted by molar-refractivity contribution is -0.275. The molecule has 1 unspecified atom stereocenters. The minimum absolute atomic E-state index is 0.242. The van der Waals surface area contributed by atoms with E-state index in [0.717, 1.165) is 5.56 Å². The van der Waals surface area contributed by atoms with Gasteiger partial charge in [-0.25, -0.2) is 0 Å². The quantitative estimate of drug-likeness (QED) is 0.861. The molecule has 2 rings (SSSR count). The van der Waals surface area contributed by atoms with Crippen molar-refractivity contribution in [3.63, 3.8) is 0 Å². The molecule has 1 aromatic rings. The highest BCUT2D eigenvalue weighted by molar-refractivity contribution is 5.13. The molecule has 0 amide bonds. The summed E-state index contributed by atoms with van der Waals surface area (Å²) in [6.45, 7) is 0.684. The van der Waals surface area contributed by atoms with Gasteiger partial charge in [-0.2, -0.15) is 0 Å². The Balaban J connectivity index is 1.99. The molecule has 1 N–H and O–H groups in total. The lowest BCUT2D eigenvalue weighted by Crippen LogP contribution is -2.55. The molecule has 0 saturated carbocycles. The molecule has 0 aromatic heterocycles. The van der Waals surface area contributed by atoms with Crippen molar-refractivity contribution in [3.05, 3.63) is 35.9 Å². The predicted molar refractivity (Wildman–Crippen MR) is 68.6 cm³/mol. The van der Waals surface area contributed by atoms with Crippen LogP contribution >= 0.6 is 0 Å². The van der Waals surface area contributed by atoms with Crippen LogP contribution in [0.25, 0.3) is 0 Å². The topological polar surface area (TPSA) is 57.2 Å². The van der Waals surface area contributed by atoms with Crippen LogP contribution in [-0.4, -0.2) is 50.5 Å². The van der Waals surface area contributed by atoms with Crippen LogP contribution in [-0.2, 0) is 25.6 Å². The minimum atomic E-state index is -1.000. The Hall–Kier alpha value is -0.980. The van der Waals surface area contributed by atoms with Gasteiger partial charge in [-0.05, 0) is 5.56 Å². The molecule has 0 bridgehead atoms. The van der Waals surface area contributed by atoms with Gasteiger partial charge in [-0.3, -0.25) is 0 Å². The van der Waals surface area contributed by atoms with Crippen molar-refractivity contribution in [2.24, 2.45) is 0 Å². The average Bonchev–Trinajstić information content (AvgIpc) is 2.46. The van der Waals surface area contributed by atoms with Crippen molar-refractivity contribution in [2.75, 3.05) is 20.8 Å². The highest BCUT2D eigenvalue weighted by Crippen LogP contribution is 2.22. The van der Waals surface area contributed by atoms with Gasteiger partial charge in [0, 0.05) is 14.2 Å². The van der Waals surface area contributed by atoms with E-state index in [9.17, 15) is 5.11 Å². The summed E-state index contributed by atoms with van der Waals surface area (Å²) in [5, 5.41) is 9.88. The van der Waals surface area contributed by atoms with Crippen LogP contribution in [0.4, 0.5) is 0 Å². The van der Waals surface area contributed by atoms with E-state index < -0.39 is 12.4 Å². The summed E-state index contributed by atoms with van der Waals surface area (Å²) in [6.07, 6.45) is -2.16. The van der Waals surface area contributed by atoms with E-state index in [1.165, 1.54) is 0 Å². The number of aliphatic hydroxyl groups excluding tert-OH is 1. The summed E-state index contributed by atoms with van der Waals surface area (Å²) in [4.78, 5) is 0. The molecule has 4 atom stereocenters. The normalized spacial score (nSPS) is 31.3. The lowest BCUT2D eigenvalue weighted by Gasteiger charge is -2.38. The zero-order valence-electron chi connectivity index (χ0n) is 11.2. The fourth-order valence-electron chi connectivity index (χ4n) is 2.19. The number of hydrogen-bond donors (Lipinski definition) is 1. The molecule has 0 radical (unpaired) electrons. The van der Waals surface area contributed by atoms with Gasteiger partial charge in [0.25, 0.3) is 0 Å². The molecule has 1 aliphatic heterocycles. The maximum Gasteiger partial charge on any atom is 0.183 e. The highest BCUT2D eigenvalue weighted by Gasteiger charge is 2.41. The van der Waals surface area contributed by atoms with Crippen LogP contribution in [0.1, 0.15) is 5.56 Å². The van der Waals surface area contributed by atoms with Crippen molar-refractivity contribution < 1.29 is 24.1 Å². The van der Waals surface area contributed by atoms with Gasteiger partial charge in [-0.1, -0.05) is 30.3 Å². The summed E-state index contributed by atoms with van der Waals surface area (Å²) in [6, 6.07) is 9.76. The van der Waals surface area contributed by atoms with Crippen LogP contribution < -0.4 is 0 Å². The fraction of sp³-hybridized carbons (Fsp3) is 0.571. The first-order chi connectivity index (χ1) is 9.26. The molecule has 1 fully saturated rings. The van der Waals surface area contributed by atoms with Crippen molar-refractivity contribution in [1.82, 2.24) is 0 Å². The maximum absolute atomic E-state index is 9.88. The molecule has 19 heavy (non-hydrogen) atoms. The Morgan fingerprint density at radius 3 is 2.53 bits per heavy atom. The Morgan fingerprint density at radius 1 is 1.16 bits per heavy atom. The molecule has 1 aromatic carbocycles. The van der Waals surface area contributed by atoms with E-state index in [1.807, 2.05) is 30.3 Å². The van der Waals surface area contributed by atoms with E-state index in [4.69, 9.17) is 18.9 Å². The average molecular weight is 268 g/mol. The Labute approximate surface area is 113 Å². The molecule has 0 spiro atoms. The van der Waals surface area contributed by atoms with Crippen LogP contribution in [0.5, 0.6) is 0 Å². The lowest BCUT2D eigenvalue weighted by atomic mass is 10.0. The second kappa shape index (κ2) is 6.98. The van der Waals surface area contributed by atoms with Gasteiger partial charge in [-0.15, -0.1) is 0 Å².